The van der Waals surface area contributed by atoms with Crippen molar-refractivity contribution in [3.8, 4) is 0 Å². The lowest BCUT2D eigenvalue weighted by atomic mass is 10.1. The Bertz CT molecular complexity index is 801. The molecule has 0 spiro atoms. The topological polar surface area (TPSA) is 90.8 Å². The normalized spacial score (nSPS) is 15.7. The van der Waals surface area contributed by atoms with E-state index in [-0.39, 0.29) is 6.09 Å². The number of rotatable bonds is 5. The van der Waals surface area contributed by atoms with E-state index in [0.29, 0.717) is 38.5 Å². The van der Waals surface area contributed by atoms with Crippen LogP contribution in [0.4, 0.5) is 16.4 Å². The molecule has 1 amide bonds. The third kappa shape index (κ3) is 6.05. The maximum atomic E-state index is 12.2. The van der Waals surface area contributed by atoms with E-state index in [1.54, 1.807) is 4.90 Å². The summed E-state index contributed by atoms with van der Waals surface area (Å²) in [5.74, 6) is 1.44. The molecule has 8 heteroatoms. The number of amides is 1. The van der Waals surface area contributed by atoms with Gasteiger partial charge in [-0.3, -0.25) is 0 Å². The second kappa shape index (κ2) is 9.09. The summed E-state index contributed by atoms with van der Waals surface area (Å²) in [6, 6.07) is 11.4. The number of hydrogen-bond donors (Lipinski definition) is 2. The van der Waals surface area contributed by atoms with Gasteiger partial charge in [0.15, 0.2) is 0 Å². The Balaban J connectivity index is 1.53. The van der Waals surface area contributed by atoms with E-state index in [1.165, 1.54) is 6.33 Å². The molecule has 1 atom stereocenters. The van der Waals surface area contributed by atoms with Crippen LogP contribution in [-0.4, -0.2) is 64.4 Å². The van der Waals surface area contributed by atoms with Crippen LogP contribution in [0.15, 0.2) is 42.7 Å². The molecule has 1 aliphatic rings. The second-order valence-corrected chi connectivity index (χ2v) is 8.02. The third-order valence-electron chi connectivity index (χ3n) is 4.57. The van der Waals surface area contributed by atoms with E-state index in [0.717, 1.165) is 11.4 Å². The highest BCUT2D eigenvalue weighted by Gasteiger charge is 2.26. The van der Waals surface area contributed by atoms with Crippen LogP contribution in [0.25, 0.3) is 0 Å². The SMILES string of the molecule is CC(C)(C)OC(=O)N1CCN(c2cc(NC[C@H](O)c3ccccc3)ncn2)CC1. The molecule has 1 fully saturated rings. The summed E-state index contributed by atoms with van der Waals surface area (Å²) < 4.78 is 5.44. The Kier molecular flexibility index (Phi) is 6.53. The number of aromatic nitrogens is 2. The van der Waals surface area contributed by atoms with E-state index >= 15 is 0 Å². The number of anilines is 2. The molecule has 2 heterocycles. The first kappa shape index (κ1) is 20.9. The molecule has 0 unspecified atom stereocenters. The van der Waals surface area contributed by atoms with Gasteiger partial charge in [0.2, 0.25) is 0 Å². The van der Waals surface area contributed by atoms with Gasteiger partial charge in [-0.2, -0.15) is 0 Å². The molecule has 2 N–H and O–H groups in total. The molecule has 29 heavy (non-hydrogen) atoms. The van der Waals surface area contributed by atoms with Crippen LogP contribution in [0.2, 0.25) is 0 Å². The number of aliphatic hydroxyl groups excluding tert-OH is 1. The van der Waals surface area contributed by atoms with Crippen LogP contribution in [0.5, 0.6) is 0 Å². The molecule has 1 aliphatic heterocycles. The molecule has 1 aromatic heterocycles. The first-order valence-electron chi connectivity index (χ1n) is 9.83. The Morgan fingerprint density at radius 1 is 1.17 bits per heavy atom. The van der Waals surface area contributed by atoms with Crippen molar-refractivity contribution in [1.29, 1.82) is 0 Å². The van der Waals surface area contributed by atoms with Gasteiger partial charge >= 0.3 is 6.09 Å². The Morgan fingerprint density at radius 3 is 2.52 bits per heavy atom. The summed E-state index contributed by atoms with van der Waals surface area (Å²) in [5.41, 5.74) is 0.360. The van der Waals surface area contributed by atoms with E-state index in [2.05, 4.69) is 20.2 Å². The van der Waals surface area contributed by atoms with Crippen molar-refractivity contribution in [1.82, 2.24) is 14.9 Å². The van der Waals surface area contributed by atoms with Crippen LogP contribution in [0.1, 0.15) is 32.4 Å². The molecule has 0 bridgehead atoms. The van der Waals surface area contributed by atoms with Gasteiger partial charge < -0.3 is 25.0 Å². The van der Waals surface area contributed by atoms with Gasteiger partial charge in [-0.15, -0.1) is 0 Å². The van der Waals surface area contributed by atoms with Crippen molar-refractivity contribution < 1.29 is 14.6 Å². The lowest BCUT2D eigenvalue weighted by molar-refractivity contribution is 0.0240. The monoisotopic (exact) mass is 399 g/mol. The van der Waals surface area contributed by atoms with E-state index in [1.807, 2.05) is 57.2 Å². The minimum Gasteiger partial charge on any atom is -0.444 e. The quantitative estimate of drug-likeness (QED) is 0.799. The predicted octanol–water partition coefficient (Wildman–Crippen LogP) is 2.68. The number of nitrogens with zero attached hydrogens (tertiary/aromatic N) is 4. The van der Waals surface area contributed by atoms with Crippen LogP contribution in [0.3, 0.4) is 0 Å². The number of hydrogen-bond acceptors (Lipinski definition) is 7. The fourth-order valence-electron chi connectivity index (χ4n) is 3.06. The summed E-state index contributed by atoms with van der Waals surface area (Å²) in [7, 11) is 0. The maximum absolute atomic E-state index is 12.2. The Labute approximate surface area is 171 Å². The largest absolute Gasteiger partial charge is 0.444 e. The number of ether oxygens (including phenoxy) is 1. The summed E-state index contributed by atoms with van der Waals surface area (Å²) in [6.07, 6.45) is 0.608. The zero-order valence-corrected chi connectivity index (χ0v) is 17.2. The average Bonchev–Trinajstić information content (AvgIpc) is 2.72. The van der Waals surface area contributed by atoms with Crippen LogP contribution >= 0.6 is 0 Å². The summed E-state index contributed by atoms with van der Waals surface area (Å²) in [4.78, 5) is 24.6. The van der Waals surface area contributed by atoms with E-state index in [9.17, 15) is 9.90 Å². The fourth-order valence-corrected chi connectivity index (χ4v) is 3.06. The van der Waals surface area contributed by atoms with Crippen LogP contribution < -0.4 is 10.2 Å². The predicted molar refractivity (Wildman–Crippen MR) is 112 cm³/mol. The molecule has 8 nitrogen and oxygen atoms in total. The molecule has 156 valence electrons. The molecule has 2 aromatic rings. The Morgan fingerprint density at radius 2 is 1.86 bits per heavy atom. The molecule has 0 radical (unpaired) electrons. The summed E-state index contributed by atoms with van der Waals surface area (Å²) in [5, 5.41) is 13.5. The summed E-state index contributed by atoms with van der Waals surface area (Å²) >= 11 is 0. The second-order valence-electron chi connectivity index (χ2n) is 8.02. The highest BCUT2D eigenvalue weighted by atomic mass is 16.6. The van der Waals surface area contributed by atoms with Crippen molar-refractivity contribution in [2.24, 2.45) is 0 Å². The maximum Gasteiger partial charge on any atom is 0.410 e. The van der Waals surface area contributed by atoms with Gasteiger partial charge in [0.05, 0.1) is 6.10 Å². The van der Waals surface area contributed by atoms with Gasteiger partial charge in [0.1, 0.15) is 23.6 Å². The highest BCUT2D eigenvalue weighted by molar-refractivity contribution is 5.68. The van der Waals surface area contributed by atoms with Crippen molar-refractivity contribution in [3.05, 3.63) is 48.3 Å². The van der Waals surface area contributed by atoms with Crippen LogP contribution in [0, 0.1) is 0 Å². The number of piperazine rings is 1. The zero-order valence-electron chi connectivity index (χ0n) is 17.2. The highest BCUT2D eigenvalue weighted by Crippen LogP contribution is 2.19. The molecule has 1 saturated heterocycles. The van der Waals surface area contributed by atoms with Gasteiger partial charge in [-0.05, 0) is 26.3 Å². The molecule has 1 aromatic carbocycles. The van der Waals surface area contributed by atoms with Gasteiger partial charge in [-0.1, -0.05) is 30.3 Å². The number of benzene rings is 1. The molecule has 0 saturated carbocycles. The van der Waals surface area contributed by atoms with E-state index in [4.69, 9.17) is 4.74 Å². The number of carbonyl (C=O) groups is 1. The number of aliphatic hydroxyl groups is 1. The lowest BCUT2D eigenvalue weighted by Crippen LogP contribution is -2.50. The third-order valence-corrected chi connectivity index (χ3v) is 4.57. The zero-order chi connectivity index (χ0) is 20.9. The fraction of sp³-hybridized carbons (Fsp3) is 0.476. The van der Waals surface area contributed by atoms with Gasteiger partial charge in [0.25, 0.3) is 0 Å². The van der Waals surface area contributed by atoms with E-state index < -0.39 is 11.7 Å². The van der Waals surface area contributed by atoms with Crippen molar-refractivity contribution >= 4 is 17.7 Å². The van der Waals surface area contributed by atoms with Crippen LogP contribution in [-0.2, 0) is 4.74 Å². The molecular weight excluding hydrogens is 370 g/mol. The summed E-state index contributed by atoms with van der Waals surface area (Å²) in [6.45, 7) is 8.45. The Hall–Kier alpha value is -2.87. The molecule has 0 aliphatic carbocycles. The lowest BCUT2D eigenvalue weighted by Gasteiger charge is -2.36. The standard InChI is InChI=1S/C21H29N5O3/c1-21(2,3)29-20(28)26-11-9-25(10-12-26)19-13-18(23-15-24-19)22-14-17(27)16-7-5-4-6-8-16/h4-8,13,15,17,27H,9-12,14H2,1-3H3,(H,22,23,24)/t17-/m0/s1. The van der Waals surface area contributed by atoms with Crippen molar-refractivity contribution in [3.63, 3.8) is 0 Å². The average molecular weight is 399 g/mol. The first-order valence-corrected chi connectivity index (χ1v) is 9.83. The smallest absolute Gasteiger partial charge is 0.410 e. The number of nitrogens with one attached hydrogen (secondary N) is 1. The minimum atomic E-state index is -0.619. The number of carbonyl (C=O) groups excluding carboxylic acids is 1. The van der Waals surface area contributed by atoms with Gasteiger partial charge in [-0.25, -0.2) is 14.8 Å². The van der Waals surface area contributed by atoms with Gasteiger partial charge in [0, 0.05) is 38.8 Å². The molecular formula is C21H29N5O3. The minimum absolute atomic E-state index is 0.280. The van der Waals surface area contributed by atoms with Crippen molar-refractivity contribution in [2.45, 2.75) is 32.5 Å². The molecule has 3 rings (SSSR count). The first-order chi connectivity index (χ1) is 13.8. The van der Waals surface area contributed by atoms with Crippen molar-refractivity contribution in [2.75, 3.05) is 42.9 Å².